The zero-order chi connectivity index (χ0) is 26.2. The first-order chi connectivity index (χ1) is 16.5. The molecule has 0 spiro atoms. The summed E-state index contributed by atoms with van der Waals surface area (Å²) in [7, 11) is 1.53. The number of nitrogens with one attached hydrogen (secondary N) is 2. The highest BCUT2D eigenvalue weighted by molar-refractivity contribution is 5.93. The first kappa shape index (κ1) is 28.2. The summed E-state index contributed by atoms with van der Waals surface area (Å²) in [6, 6.07) is 6.75. The largest absolute Gasteiger partial charge is 0.391 e. The average molecular weight is 489 g/mol. The molecule has 0 aromatic heterocycles. The topological polar surface area (TPSA) is 141 Å². The molecule has 1 saturated heterocycles. The van der Waals surface area contributed by atoms with Crippen molar-refractivity contribution in [3.8, 4) is 6.07 Å². The van der Waals surface area contributed by atoms with Crippen molar-refractivity contribution in [3.63, 3.8) is 0 Å². The molecule has 2 rings (SSSR count). The number of hydrogen-bond acceptors (Lipinski definition) is 7. The minimum absolute atomic E-state index is 0.00500. The third-order valence-corrected chi connectivity index (χ3v) is 5.85. The SMILES string of the molecule is COCCOCC(=O)N[C@H](C(=O)N1C[C@H](O)C[C@H]1C(=O)N[C@@H](C)c1ccc(C#N)cc1)C(C)(C)C. The van der Waals surface area contributed by atoms with Crippen molar-refractivity contribution in [1.29, 1.82) is 5.26 Å². The van der Waals surface area contributed by atoms with Crippen molar-refractivity contribution >= 4 is 17.7 Å². The second-order valence-corrected chi connectivity index (χ2v) is 9.77. The molecule has 35 heavy (non-hydrogen) atoms. The van der Waals surface area contributed by atoms with Crippen LogP contribution in [0.1, 0.15) is 51.3 Å². The molecule has 0 unspecified atom stereocenters. The van der Waals surface area contributed by atoms with Gasteiger partial charge in [-0.2, -0.15) is 5.26 Å². The molecule has 10 heteroatoms. The Labute approximate surface area is 206 Å². The molecule has 0 saturated carbocycles. The van der Waals surface area contributed by atoms with E-state index in [9.17, 15) is 19.5 Å². The molecule has 192 valence electrons. The number of hydrogen-bond donors (Lipinski definition) is 3. The normalized spacial score (nSPS) is 19.5. The predicted octanol–water partition coefficient (Wildman–Crippen LogP) is 0.891. The number of β-amino-alcohol motifs (C(OH)–C–C–N with tert-alkyl or cyclic N) is 1. The zero-order valence-electron chi connectivity index (χ0n) is 21.0. The molecular formula is C25H36N4O6. The molecule has 1 aliphatic rings. The second kappa shape index (κ2) is 12.6. The molecule has 4 atom stereocenters. The highest BCUT2D eigenvalue weighted by Crippen LogP contribution is 2.26. The van der Waals surface area contributed by atoms with Crippen LogP contribution in [0, 0.1) is 16.7 Å². The number of rotatable bonds is 10. The van der Waals surface area contributed by atoms with Gasteiger partial charge in [0.05, 0.1) is 37.0 Å². The number of nitriles is 1. The number of carbonyl (C=O) groups is 3. The van der Waals surface area contributed by atoms with E-state index < -0.39 is 41.3 Å². The van der Waals surface area contributed by atoms with Crippen molar-refractivity contribution in [2.75, 3.05) is 33.5 Å². The lowest BCUT2D eigenvalue weighted by molar-refractivity contribution is -0.144. The van der Waals surface area contributed by atoms with E-state index in [1.54, 1.807) is 31.2 Å². The van der Waals surface area contributed by atoms with Gasteiger partial charge in [-0.3, -0.25) is 14.4 Å². The fraction of sp³-hybridized carbons (Fsp3) is 0.600. The number of aliphatic hydroxyl groups is 1. The highest BCUT2D eigenvalue weighted by atomic mass is 16.5. The van der Waals surface area contributed by atoms with Crippen LogP contribution in [0.25, 0.3) is 0 Å². The van der Waals surface area contributed by atoms with Gasteiger partial charge in [-0.1, -0.05) is 32.9 Å². The predicted molar refractivity (Wildman–Crippen MR) is 128 cm³/mol. The van der Waals surface area contributed by atoms with Gasteiger partial charge in [-0.25, -0.2) is 0 Å². The van der Waals surface area contributed by atoms with Gasteiger partial charge < -0.3 is 30.1 Å². The zero-order valence-corrected chi connectivity index (χ0v) is 21.0. The van der Waals surface area contributed by atoms with Crippen LogP contribution in [0.4, 0.5) is 0 Å². The average Bonchev–Trinajstić information content (AvgIpc) is 3.21. The third-order valence-electron chi connectivity index (χ3n) is 5.85. The van der Waals surface area contributed by atoms with Gasteiger partial charge in [-0.05, 0) is 30.0 Å². The van der Waals surface area contributed by atoms with Crippen LogP contribution in [0.3, 0.4) is 0 Å². The molecule has 1 aromatic rings. The van der Waals surface area contributed by atoms with E-state index in [1.165, 1.54) is 12.0 Å². The molecule has 1 aromatic carbocycles. The van der Waals surface area contributed by atoms with Crippen molar-refractivity contribution in [3.05, 3.63) is 35.4 Å². The molecule has 0 aliphatic carbocycles. The summed E-state index contributed by atoms with van der Waals surface area (Å²) in [6.07, 6.45) is -0.753. The minimum atomic E-state index is -0.919. The number of likely N-dealkylation sites (tertiary alicyclic amines) is 1. The van der Waals surface area contributed by atoms with Gasteiger partial charge in [0.2, 0.25) is 17.7 Å². The monoisotopic (exact) mass is 488 g/mol. The Balaban J connectivity index is 2.11. The molecule has 3 amide bonds. The quantitative estimate of drug-likeness (QED) is 0.415. The molecule has 0 bridgehead atoms. The number of nitrogens with zero attached hydrogens (tertiary/aromatic N) is 2. The summed E-state index contributed by atoms with van der Waals surface area (Å²) in [5.41, 5.74) is 0.674. The Morgan fingerprint density at radius 2 is 1.86 bits per heavy atom. The fourth-order valence-corrected chi connectivity index (χ4v) is 3.87. The van der Waals surface area contributed by atoms with Crippen molar-refractivity contribution in [2.45, 2.75) is 58.3 Å². The van der Waals surface area contributed by atoms with Crippen LogP contribution in [-0.2, 0) is 23.9 Å². The summed E-state index contributed by atoms with van der Waals surface area (Å²) < 4.78 is 10.1. The van der Waals surface area contributed by atoms with Gasteiger partial charge in [0, 0.05) is 20.1 Å². The summed E-state index contributed by atoms with van der Waals surface area (Å²) >= 11 is 0. The maximum atomic E-state index is 13.5. The third kappa shape index (κ3) is 8.02. The van der Waals surface area contributed by atoms with Gasteiger partial charge in [-0.15, -0.1) is 0 Å². The van der Waals surface area contributed by atoms with Gasteiger partial charge in [0.25, 0.3) is 0 Å². The van der Waals surface area contributed by atoms with Gasteiger partial charge in [0.15, 0.2) is 0 Å². The first-order valence-corrected chi connectivity index (χ1v) is 11.6. The number of aliphatic hydroxyl groups excluding tert-OH is 1. The maximum Gasteiger partial charge on any atom is 0.246 e. The summed E-state index contributed by atoms with van der Waals surface area (Å²) in [6.45, 7) is 7.61. The van der Waals surface area contributed by atoms with Crippen molar-refractivity contribution in [2.24, 2.45) is 5.41 Å². The van der Waals surface area contributed by atoms with Crippen LogP contribution in [0.15, 0.2) is 24.3 Å². The lowest BCUT2D eigenvalue weighted by Gasteiger charge is -2.35. The molecule has 0 radical (unpaired) electrons. The van der Waals surface area contributed by atoms with E-state index in [4.69, 9.17) is 14.7 Å². The standard InChI is InChI=1S/C25H36N4O6/c1-16(18-8-6-17(13-26)7-9-18)27-23(32)20-12-19(30)14-29(20)24(33)22(25(2,3)4)28-21(31)15-35-11-10-34-5/h6-9,16,19-20,22,30H,10-12,14-15H2,1-5H3,(H,27,32)(H,28,31)/t16-,19+,20-,22+/m0/s1. The number of amides is 3. The fourth-order valence-electron chi connectivity index (χ4n) is 3.87. The summed E-state index contributed by atoms with van der Waals surface area (Å²) in [5, 5.41) is 24.9. The van der Waals surface area contributed by atoms with E-state index >= 15 is 0 Å². The van der Waals surface area contributed by atoms with E-state index in [0.29, 0.717) is 12.2 Å². The molecule has 3 N–H and O–H groups in total. The smallest absolute Gasteiger partial charge is 0.246 e. The van der Waals surface area contributed by atoms with Crippen molar-refractivity contribution in [1.82, 2.24) is 15.5 Å². The van der Waals surface area contributed by atoms with Crippen LogP contribution in [0.2, 0.25) is 0 Å². The molecule has 1 heterocycles. The van der Waals surface area contributed by atoms with E-state index in [-0.39, 0.29) is 32.2 Å². The lowest BCUT2D eigenvalue weighted by Crippen LogP contribution is -2.58. The molecule has 10 nitrogen and oxygen atoms in total. The number of carbonyl (C=O) groups excluding carboxylic acids is 3. The number of methoxy groups -OCH3 is 1. The molecular weight excluding hydrogens is 452 g/mol. The van der Waals surface area contributed by atoms with Crippen molar-refractivity contribution < 1.29 is 29.0 Å². The van der Waals surface area contributed by atoms with Crippen LogP contribution < -0.4 is 10.6 Å². The Kier molecular flexibility index (Phi) is 10.2. The van der Waals surface area contributed by atoms with Crippen LogP contribution in [-0.4, -0.2) is 79.4 Å². The van der Waals surface area contributed by atoms with Crippen LogP contribution in [0.5, 0.6) is 0 Å². The van der Waals surface area contributed by atoms with Crippen LogP contribution >= 0.6 is 0 Å². The Bertz CT molecular complexity index is 921. The Morgan fingerprint density at radius 1 is 1.20 bits per heavy atom. The lowest BCUT2D eigenvalue weighted by atomic mass is 9.85. The summed E-state index contributed by atoms with van der Waals surface area (Å²) in [4.78, 5) is 40.4. The number of ether oxygens (including phenoxy) is 2. The van der Waals surface area contributed by atoms with E-state index in [1.807, 2.05) is 20.8 Å². The Hall–Kier alpha value is -3.00. The van der Waals surface area contributed by atoms with Gasteiger partial charge >= 0.3 is 0 Å². The molecule has 1 aliphatic heterocycles. The molecule has 1 fully saturated rings. The highest BCUT2D eigenvalue weighted by Gasteiger charge is 2.44. The maximum absolute atomic E-state index is 13.5. The summed E-state index contributed by atoms with van der Waals surface area (Å²) in [5.74, 6) is -1.29. The second-order valence-electron chi connectivity index (χ2n) is 9.77. The van der Waals surface area contributed by atoms with Gasteiger partial charge in [0.1, 0.15) is 18.7 Å². The first-order valence-electron chi connectivity index (χ1n) is 11.6. The van der Waals surface area contributed by atoms with E-state index in [2.05, 4.69) is 16.7 Å². The number of benzene rings is 1. The minimum Gasteiger partial charge on any atom is -0.391 e. The Morgan fingerprint density at radius 3 is 2.43 bits per heavy atom. The van der Waals surface area contributed by atoms with E-state index in [0.717, 1.165) is 5.56 Å².